The van der Waals surface area contributed by atoms with Gasteiger partial charge in [0, 0.05) is 6.20 Å². The van der Waals surface area contributed by atoms with Crippen LogP contribution in [-0.4, -0.2) is 4.98 Å². The molecule has 0 aliphatic rings. The lowest BCUT2D eigenvalue weighted by atomic mass is 10.2. The fourth-order valence-corrected chi connectivity index (χ4v) is 0.830. The van der Waals surface area contributed by atoms with Gasteiger partial charge in [-0.1, -0.05) is 26.0 Å². The lowest BCUT2D eigenvalue weighted by Gasteiger charge is -1.95. The Bertz CT molecular complexity index is 239. The summed E-state index contributed by atoms with van der Waals surface area (Å²) in [4.78, 5) is 4.18. The van der Waals surface area contributed by atoms with Gasteiger partial charge in [0.25, 0.3) is 0 Å². The van der Waals surface area contributed by atoms with Crippen LogP contribution in [-0.2, 0) is 0 Å². The molecule has 1 rings (SSSR count). The third-order valence-electron chi connectivity index (χ3n) is 1.37. The minimum atomic E-state index is 1.06. The van der Waals surface area contributed by atoms with Crippen LogP contribution in [0.25, 0.3) is 6.08 Å². The molecule has 0 amide bonds. The van der Waals surface area contributed by atoms with E-state index in [-0.39, 0.29) is 0 Å². The van der Waals surface area contributed by atoms with Crippen molar-refractivity contribution in [2.45, 2.75) is 27.7 Å². The molecule has 1 nitrogen and oxygen atoms in total. The Hall–Kier alpha value is -1.11. The van der Waals surface area contributed by atoms with Crippen molar-refractivity contribution in [2.75, 3.05) is 0 Å². The molecule has 0 saturated carbocycles. The third kappa shape index (κ3) is 3.33. The van der Waals surface area contributed by atoms with Crippen molar-refractivity contribution in [1.29, 1.82) is 0 Å². The van der Waals surface area contributed by atoms with E-state index >= 15 is 0 Å². The summed E-state index contributed by atoms with van der Waals surface area (Å²) in [6.07, 6.45) is 5.81. The quantitative estimate of drug-likeness (QED) is 0.618. The highest BCUT2D eigenvalue weighted by Gasteiger charge is 1.89. The second kappa shape index (κ2) is 6.59. The fraction of sp³-hybridized carbons (Fsp3) is 0.364. The summed E-state index contributed by atoms with van der Waals surface area (Å²) in [6, 6.07) is 4.00. The van der Waals surface area contributed by atoms with E-state index in [1.165, 1.54) is 5.56 Å². The molecule has 1 aromatic rings. The van der Waals surface area contributed by atoms with Crippen molar-refractivity contribution < 1.29 is 0 Å². The number of hydrogen-bond donors (Lipinski definition) is 0. The Labute approximate surface area is 75.2 Å². The van der Waals surface area contributed by atoms with Crippen LogP contribution in [0.3, 0.4) is 0 Å². The van der Waals surface area contributed by atoms with Crippen molar-refractivity contribution in [1.82, 2.24) is 4.98 Å². The Morgan fingerprint density at radius 3 is 2.50 bits per heavy atom. The number of aromatic nitrogens is 1. The molecule has 0 unspecified atom stereocenters. The smallest absolute Gasteiger partial charge is 0.0655 e. The maximum absolute atomic E-state index is 4.18. The largest absolute Gasteiger partial charge is 0.257 e. The Morgan fingerprint density at radius 1 is 1.33 bits per heavy atom. The van der Waals surface area contributed by atoms with Gasteiger partial charge in [-0.2, -0.15) is 0 Å². The second-order valence-electron chi connectivity index (χ2n) is 2.21. The monoisotopic (exact) mass is 163 g/mol. The zero-order valence-electron chi connectivity index (χ0n) is 8.33. The molecule has 1 aromatic heterocycles. The molecule has 0 spiro atoms. The van der Waals surface area contributed by atoms with Gasteiger partial charge in [-0.05, 0) is 31.6 Å². The highest BCUT2D eigenvalue weighted by atomic mass is 14.7. The second-order valence-corrected chi connectivity index (χ2v) is 2.21. The Balaban J connectivity index is 0.000000561. The predicted octanol–water partition coefficient (Wildman–Crippen LogP) is 3.45. The molecule has 66 valence electrons. The van der Waals surface area contributed by atoms with Gasteiger partial charge in [0.15, 0.2) is 0 Å². The average molecular weight is 163 g/mol. The molecule has 1 heteroatoms. The fourth-order valence-electron chi connectivity index (χ4n) is 0.830. The molecule has 12 heavy (non-hydrogen) atoms. The first-order valence-electron chi connectivity index (χ1n) is 4.39. The lowest BCUT2D eigenvalue weighted by Crippen LogP contribution is -1.82. The van der Waals surface area contributed by atoms with Crippen LogP contribution in [0.4, 0.5) is 0 Å². The highest BCUT2D eigenvalue weighted by molar-refractivity contribution is 5.47. The molecule has 1 heterocycles. The predicted molar refractivity (Wildman–Crippen MR) is 55.0 cm³/mol. The number of aryl methyl sites for hydroxylation is 1. The number of hydrogen-bond acceptors (Lipinski definition) is 1. The van der Waals surface area contributed by atoms with Gasteiger partial charge in [0.2, 0.25) is 0 Å². The molecule has 0 bridgehead atoms. The maximum atomic E-state index is 4.18. The summed E-state index contributed by atoms with van der Waals surface area (Å²) < 4.78 is 0. The summed E-state index contributed by atoms with van der Waals surface area (Å²) in [5, 5.41) is 0. The van der Waals surface area contributed by atoms with E-state index in [9.17, 15) is 0 Å². The zero-order valence-corrected chi connectivity index (χ0v) is 8.33. The van der Waals surface area contributed by atoms with Crippen LogP contribution in [0.5, 0.6) is 0 Å². The van der Waals surface area contributed by atoms with Gasteiger partial charge in [0.1, 0.15) is 0 Å². The molecule has 0 aliphatic heterocycles. The van der Waals surface area contributed by atoms with Crippen LogP contribution in [0, 0.1) is 6.92 Å². The molecule has 0 saturated heterocycles. The summed E-state index contributed by atoms with van der Waals surface area (Å²) in [6.45, 7) is 8.05. The van der Waals surface area contributed by atoms with Crippen molar-refractivity contribution in [3.05, 3.63) is 35.7 Å². The molecule has 0 aromatic carbocycles. The number of pyridine rings is 1. The first kappa shape index (κ1) is 10.9. The molecular weight excluding hydrogens is 146 g/mol. The van der Waals surface area contributed by atoms with E-state index in [1.807, 2.05) is 45.2 Å². The maximum Gasteiger partial charge on any atom is 0.0655 e. The van der Waals surface area contributed by atoms with Crippen LogP contribution < -0.4 is 0 Å². The number of nitrogens with zero attached hydrogens (tertiary/aromatic N) is 1. The SMILES string of the molecule is C/C=C\c1ncccc1C.CC. The molecule has 0 radical (unpaired) electrons. The zero-order chi connectivity index (χ0) is 9.40. The van der Waals surface area contributed by atoms with E-state index in [1.54, 1.807) is 0 Å². The van der Waals surface area contributed by atoms with Crippen LogP contribution in [0.1, 0.15) is 32.0 Å². The highest BCUT2D eigenvalue weighted by Crippen LogP contribution is 2.03. The van der Waals surface area contributed by atoms with Crippen LogP contribution in [0.15, 0.2) is 24.4 Å². The third-order valence-corrected chi connectivity index (χ3v) is 1.37. The van der Waals surface area contributed by atoms with Crippen LogP contribution >= 0.6 is 0 Å². The molecule has 0 fully saturated rings. The van der Waals surface area contributed by atoms with E-state index in [0.29, 0.717) is 0 Å². The lowest BCUT2D eigenvalue weighted by molar-refractivity contribution is 1.24. The standard InChI is InChI=1S/C9H11N.C2H6/c1-3-5-9-8(2)6-4-7-10-9;1-2/h3-7H,1-2H3;1-2H3/b5-3-;. The summed E-state index contributed by atoms with van der Waals surface area (Å²) in [7, 11) is 0. The molecule has 0 N–H and O–H groups in total. The average Bonchev–Trinajstić information content (AvgIpc) is 2.13. The van der Waals surface area contributed by atoms with E-state index < -0.39 is 0 Å². The first-order valence-corrected chi connectivity index (χ1v) is 4.39. The van der Waals surface area contributed by atoms with Crippen molar-refractivity contribution >= 4 is 6.08 Å². The van der Waals surface area contributed by atoms with Crippen molar-refractivity contribution in [3.8, 4) is 0 Å². The number of allylic oxidation sites excluding steroid dienone is 1. The molecule has 0 aliphatic carbocycles. The molecule has 0 atom stereocenters. The van der Waals surface area contributed by atoms with Gasteiger partial charge in [-0.25, -0.2) is 0 Å². The Kier molecular flexibility index (Phi) is 5.98. The first-order chi connectivity index (χ1) is 5.84. The van der Waals surface area contributed by atoms with Gasteiger partial charge in [0.05, 0.1) is 5.69 Å². The topological polar surface area (TPSA) is 12.9 Å². The van der Waals surface area contributed by atoms with E-state index in [2.05, 4.69) is 18.0 Å². The number of rotatable bonds is 1. The summed E-state index contributed by atoms with van der Waals surface area (Å²) >= 11 is 0. The Morgan fingerprint density at radius 2 is 2.00 bits per heavy atom. The van der Waals surface area contributed by atoms with Gasteiger partial charge < -0.3 is 0 Å². The van der Waals surface area contributed by atoms with Gasteiger partial charge >= 0.3 is 0 Å². The molecular formula is C11H17N. The normalized spacial score (nSPS) is 9.33. The van der Waals surface area contributed by atoms with E-state index in [0.717, 1.165) is 5.69 Å². The summed E-state index contributed by atoms with van der Waals surface area (Å²) in [5.74, 6) is 0. The van der Waals surface area contributed by atoms with Crippen molar-refractivity contribution in [3.63, 3.8) is 0 Å². The van der Waals surface area contributed by atoms with Gasteiger partial charge in [-0.3, -0.25) is 4.98 Å². The van der Waals surface area contributed by atoms with Gasteiger partial charge in [-0.15, -0.1) is 0 Å². The van der Waals surface area contributed by atoms with Crippen molar-refractivity contribution in [2.24, 2.45) is 0 Å². The van der Waals surface area contributed by atoms with E-state index in [4.69, 9.17) is 0 Å². The van der Waals surface area contributed by atoms with Crippen LogP contribution in [0.2, 0.25) is 0 Å². The minimum Gasteiger partial charge on any atom is -0.257 e. The minimum absolute atomic E-state index is 1.06. The summed E-state index contributed by atoms with van der Waals surface area (Å²) in [5.41, 5.74) is 2.28.